The second-order valence-corrected chi connectivity index (χ2v) is 7.10. The van der Waals surface area contributed by atoms with Gasteiger partial charge in [-0.2, -0.15) is 5.26 Å². The Hall–Kier alpha value is -2.98. The molecular formula is C22H18ClN3O3. The number of nitriles is 1. The van der Waals surface area contributed by atoms with Crippen molar-refractivity contribution in [3.63, 3.8) is 0 Å². The van der Waals surface area contributed by atoms with Crippen LogP contribution in [0, 0.1) is 11.3 Å². The second kappa shape index (κ2) is 8.58. The van der Waals surface area contributed by atoms with Gasteiger partial charge in [-0.15, -0.1) is 5.06 Å². The van der Waals surface area contributed by atoms with Gasteiger partial charge in [0.05, 0.1) is 55.6 Å². The molecule has 2 heterocycles. The van der Waals surface area contributed by atoms with Gasteiger partial charge in [0.25, 0.3) is 0 Å². The highest BCUT2D eigenvalue weighted by Crippen LogP contribution is 2.28. The predicted octanol–water partition coefficient (Wildman–Crippen LogP) is 4.03. The van der Waals surface area contributed by atoms with Gasteiger partial charge in [-0.3, -0.25) is 0 Å². The molecule has 0 atom stereocenters. The topological polar surface area (TPSA) is 75.5 Å². The molecule has 0 saturated carbocycles. The molecule has 0 aliphatic carbocycles. The van der Waals surface area contributed by atoms with Crippen LogP contribution in [0.15, 0.2) is 48.5 Å². The summed E-state index contributed by atoms with van der Waals surface area (Å²) < 4.78 is 5.30. The van der Waals surface area contributed by atoms with Crippen molar-refractivity contribution in [1.29, 1.82) is 5.26 Å². The van der Waals surface area contributed by atoms with Gasteiger partial charge < -0.3 is 9.57 Å². The summed E-state index contributed by atoms with van der Waals surface area (Å²) in [4.78, 5) is 23.2. The molecule has 0 unspecified atom stereocenters. The van der Waals surface area contributed by atoms with Crippen molar-refractivity contribution in [2.24, 2.45) is 0 Å². The van der Waals surface area contributed by atoms with Gasteiger partial charge in [-0.25, -0.2) is 9.78 Å². The van der Waals surface area contributed by atoms with E-state index >= 15 is 0 Å². The number of nitrogens with zero attached hydrogens (tertiary/aromatic N) is 3. The zero-order valence-electron chi connectivity index (χ0n) is 15.6. The van der Waals surface area contributed by atoms with Crippen molar-refractivity contribution in [2.45, 2.75) is 6.42 Å². The molecule has 0 bridgehead atoms. The smallest absolute Gasteiger partial charge is 0.357 e. The van der Waals surface area contributed by atoms with E-state index in [-0.39, 0.29) is 0 Å². The van der Waals surface area contributed by atoms with Crippen LogP contribution in [0.4, 0.5) is 0 Å². The van der Waals surface area contributed by atoms with Crippen molar-refractivity contribution in [2.75, 3.05) is 26.3 Å². The quantitative estimate of drug-likeness (QED) is 0.650. The van der Waals surface area contributed by atoms with E-state index in [4.69, 9.17) is 26.4 Å². The molecule has 1 aromatic heterocycles. The fourth-order valence-corrected chi connectivity index (χ4v) is 3.37. The van der Waals surface area contributed by atoms with Gasteiger partial charge in [-0.05, 0) is 23.8 Å². The maximum atomic E-state index is 12.9. The summed E-state index contributed by atoms with van der Waals surface area (Å²) in [5.74, 6) is -0.441. The Morgan fingerprint density at radius 3 is 2.66 bits per heavy atom. The average molecular weight is 408 g/mol. The number of ether oxygens (including phenoxy) is 1. The number of rotatable bonds is 4. The summed E-state index contributed by atoms with van der Waals surface area (Å²) in [7, 11) is 0. The molecule has 4 rings (SSSR count). The van der Waals surface area contributed by atoms with Gasteiger partial charge in [0, 0.05) is 16.0 Å². The highest BCUT2D eigenvalue weighted by Gasteiger charge is 2.20. The summed E-state index contributed by atoms with van der Waals surface area (Å²) in [5.41, 5.74) is 3.44. The SMILES string of the molecule is N#CCc1ccc(-c2cc(C(=O)ON3CCOCC3)c3ccc(Cl)cc3n2)cc1. The number of pyridine rings is 1. The van der Waals surface area contributed by atoms with E-state index in [1.165, 1.54) is 0 Å². The Morgan fingerprint density at radius 1 is 1.17 bits per heavy atom. The molecule has 2 aromatic carbocycles. The van der Waals surface area contributed by atoms with Crippen LogP contribution in [0.25, 0.3) is 22.2 Å². The molecule has 0 spiro atoms. The van der Waals surface area contributed by atoms with Gasteiger partial charge in [-0.1, -0.05) is 41.9 Å². The first-order chi connectivity index (χ1) is 14.1. The van der Waals surface area contributed by atoms with Gasteiger partial charge >= 0.3 is 5.97 Å². The lowest BCUT2D eigenvalue weighted by molar-refractivity contribution is -0.150. The van der Waals surface area contributed by atoms with Crippen LogP contribution < -0.4 is 0 Å². The molecular weight excluding hydrogens is 390 g/mol. The third-order valence-corrected chi connectivity index (χ3v) is 4.94. The lowest BCUT2D eigenvalue weighted by Crippen LogP contribution is -2.38. The number of hydrogen-bond acceptors (Lipinski definition) is 6. The number of hydrogen-bond donors (Lipinski definition) is 0. The van der Waals surface area contributed by atoms with Crippen molar-refractivity contribution in [1.82, 2.24) is 10.0 Å². The molecule has 7 heteroatoms. The van der Waals surface area contributed by atoms with Crippen molar-refractivity contribution < 1.29 is 14.4 Å². The molecule has 1 aliphatic rings. The first kappa shape index (κ1) is 19.3. The normalized spacial score (nSPS) is 14.5. The van der Waals surface area contributed by atoms with E-state index in [1.807, 2.05) is 24.3 Å². The lowest BCUT2D eigenvalue weighted by atomic mass is 10.0. The molecule has 0 amide bonds. The number of fused-ring (bicyclic) bond motifs is 1. The Bertz CT molecular complexity index is 1090. The van der Waals surface area contributed by atoms with E-state index in [0.717, 1.165) is 11.1 Å². The summed E-state index contributed by atoms with van der Waals surface area (Å²) in [6.45, 7) is 2.13. The van der Waals surface area contributed by atoms with E-state index in [9.17, 15) is 4.79 Å². The second-order valence-electron chi connectivity index (χ2n) is 6.67. The Kier molecular flexibility index (Phi) is 5.72. The highest BCUT2D eigenvalue weighted by atomic mass is 35.5. The summed E-state index contributed by atoms with van der Waals surface area (Å²) in [6, 6.07) is 16.7. The predicted molar refractivity (Wildman–Crippen MR) is 109 cm³/mol. The molecule has 6 nitrogen and oxygen atoms in total. The van der Waals surface area contributed by atoms with Crippen LogP contribution >= 0.6 is 11.6 Å². The summed E-state index contributed by atoms with van der Waals surface area (Å²) in [6.07, 6.45) is 0.345. The molecule has 1 saturated heterocycles. The third-order valence-electron chi connectivity index (χ3n) is 4.71. The number of halogens is 1. The van der Waals surface area contributed by atoms with Crippen LogP contribution in [0.2, 0.25) is 5.02 Å². The van der Waals surface area contributed by atoms with Crippen LogP contribution in [0.3, 0.4) is 0 Å². The zero-order chi connectivity index (χ0) is 20.2. The fourth-order valence-electron chi connectivity index (χ4n) is 3.21. The van der Waals surface area contributed by atoms with E-state index in [2.05, 4.69) is 11.1 Å². The van der Waals surface area contributed by atoms with Crippen LogP contribution in [0.5, 0.6) is 0 Å². The largest absolute Gasteiger partial charge is 0.379 e. The van der Waals surface area contributed by atoms with Gasteiger partial charge in [0.2, 0.25) is 0 Å². The lowest BCUT2D eigenvalue weighted by Gasteiger charge is -2.25. The van der Waals surface area contributed by atoms with E-state index in [0.29, 0.717) is 59.9 Å². The molecule has 3 aromatic rings. The highest BCUT2D eigenvalue weighted by molar-refractivity contribution is 6.31. The number of aromatic nitrogens is 1. The summed E-state index contributed by atoms with van der Waals surface area (Å²) >= 11 is 6.15. The Balaban J connectivity index is 1.74. The standard InChI is InChI=1S/C22H18ClN3O3/c23-17-5-6-18-19(22(27)29-26-9-11-28-12-10-26)14-20(25-21(18)13-17)16-3-1-15(2-4-16)7-8-24/h1-6,13-14H,7,9-12H2. The van der Waals surface area contributed by atoms with Gasteiger partial charge in [0.1, 0.15) is 0 Å². The number of carbonyl (C=O) groups excluding carboxylic acids is 1. The number of carbonyl (C=O) groups is 1. The third kappa shape index (κ3) is 4.38. The van der Waals surface area contributed by atoms with Crippen molar-refractivity contribution in [3.05, 3.63) is 64.7 Å². The summed E-state index contributed by atoms with van der Waals surface area (Å²) in [5, 5.41) is 11.7. The molecule has 146 valence electrons. The van der Waals surface area contributed by atoms with E-state index < -0.39 is 5.97 Å². The zero-order valence-corrected chi connectivity index (χ0v) is 16.4. The number of morpholine rings is 1. The Morgan fingerprint density at radius 2 is 1.93 bits per heavy atom. The fraction of sp³-hybridized carbons (Fsp3) is 0.227. The minimum absolute atomic E-state index is 0.345. The first-order valence-corrected chi connectivity index (χ1v) is 9.63. The van der Waals surface area contributed by atoms with Crippen LogP contribution in [0.1, 0.15) is 15.9 Å². The average Bonchev–Trinajstić information content (AvgIpc) is 2.74. The Labute approximate surface area is 173 Å². The molecule has 0 radical (unpaired) electrons. The maximum Gasteiger partial charge on any atom is 0.357 e. The van der Waals surface area contributed by atoms with Crippen molar-refractivity contribution in [3.8, 4) is 17.3 Å². The monoisotopic (exact) mass is 407 g/mol. The molecule has 0 N–H and O–H groups in total. The minimum atomic E-state index is -0.441. The van der Waals surface area contributed by atoms with Crippen LogP contribution in [-0.4, -0.2) is 42.3 Å². The molecule has 29 heavy (non-hydrogen) atoms. The maximum absolute atomic E-state index is 12.9. The van der Waals surface area contributed by atoms with Crippen LogP contribution in [-0.2, 0) is 16.0 Å². The first-order valence-electron chi connectivity index (χ1n) is 9.25. The number of hydroxylamine groups is 2. The van der Waals surface area contributed by atoms with Gasteiger partial charge in [0.15, 0.2) is 0 Å². The van der Waals surface area contributed by atoms with Crippen molar-refractivity contribution >= 4 is 28.5 Å². The number of benzene rings is 2. The van der Waals surface area contributed by atoms with E-state index in [1.54, 1.807) is 29.3 Å². The molecule has 1 aliphatic heterocycles. The molecule has 1 fully saturated rings. The minimum Gasteiger partial charge on any atom is -0.379 e.